The van der Waals surface area contributed by atoms with Crippen molar-refractivity contribution in [3.63, 3.8) is 0 Å². The van der Waals surface area contributed by atoms with Crippen LogP contribution >= 0.6 is 11.6 Å². The van der Waals surface area contributed by atoms with Gasteiger partial charge in [0.2, 0.25) is 6.33 Å². The van der Waals surface area contributed by atoms with Crippen LogP contribution in [0, 0.1) is 16.0 Å². The molecule has 1 aromatic heterocycles. The van der Waals surface area contributed by atoms with Crippen LogP contribution in [0.3, 0.4) is 0 Å². The molecule has 0 spiro atoms. The summed E-state index contributed by atoms with van der Waals surface area (Å²) in [5, 5.41) is 10.6. The van der Waals surface area contributed by atoms with Crippen LogP contribution in [0.15, 0.2) is 6.33 Å². The molecule has 0 amide bonds. The van der Waals surface area contributed by atoms with E-state index in [1.807, 2.05) is 0 Å². The molecular formula is C10H16ClN3O2. The SMILES string of the molecule is CC(C)CC(Cl)Cc1c([N+](=O)[O-])ncn1C. The minimum atomic E-state index is -0.464. The Morgan fingerprint density at radius 2 is 2.25 bits per heavy atom. The summed E-state index contributed by atoms with van der Waals surface area (Å²) < 4.78 is 1.66. The topological polar surface area (TPSA) is 61.0 Å². The standard InChI is InChI=1S/C10H16ClN3O2/c1-7(2)4-8(11)5-9-10(14(15)16)12-6-13(9)3/h6-8H,4-5H2,1-3H3. The van der Waals surface area contributed by atoms with E-state index in [9.17, 15) is 10.1 Å². The van der Waals surface area contributed by atoms with E-state index in [2.05, 4.69) is 18.8 Å². The van der Waals surface area contributed by atoms with Crippen molar-refractivity contribution in [1.29, 1.82) is 0 Å². The molecule has 1 rings (SSSR count). The predicted molar refractivity (Wildman–Crippen MR) is 62.7 cm³/mol. The molecule has 0 radical (unpaired) electrons. The summed E-state index contributed by atoms with van der Waals surface area (Å²) in [7, 11) is 1.74. The Balaban J connectivity index is 2.79. The normalized spacial score (nSPS) is 13.1. The van der Waals surface area contributed by atoms with Gasteiger partial charge in [0.1, 0.15) is 5.69 Å². The molecule has 16 heavy (non-hydrogen) atoms. The second-order valence-electron chi connectivity index (χ2n) is 4.31. The Hall–Kier alpha value is -1.10. The van der Waals surface area contributed by atoms with Crippen molar-refractivity contribution in [2.75, 3.05) is 0 Å². The van der Waals surface area contributed by atoms with Gasteiger partial charge >= 0.3 is 5.82 Å². The Bertz CT molecular complexity index is 376. The van der Waals surface area contributed by atoms with Gasteiger partial charge in [0, 0.05) is 18.8 Å². The molecule has 90 valence electrons. The highest BCUT2D eigenvalue weighted by Gasteiger charge is 2.22. The Morgan fingerprint density at radius 3 is 2.75 bits per heavy atom. The maximum Gasteiger partial charge on any atom is 0.384 e. The van der Waals surface area contributed by atoms with Gasteiger partial charge in [-0.25, -0.2) is 0 Å². The zero-order valence-corrected chi connectivity index (χ0v) is 10.4. The second-order valence-corrected chi connectivity index (χ2v) is 4.93. The predicted octanol–water partition coefficient (Wildman–Crippen LogP) is 2.52. The summed E-state index contributed by atoms with van der Waals surface area (Å²) in [6, 6.07) is 0. The van der Waals surface area contributed by atoms with Crippen molar-refractivity contribution in [1.82, 2.24) is 9.55 Å². The molecule has 0 bridgehead atoms. The van der Waals surface area contributed by atoms with E-state index in [0.717, 1.165) is 6.42 Å². The van der Waals surface area contributed by atoms with Crippen LogP contribution in [-0.2, 0) is 13.5 Å². The average molecular weight is 246 g/mol. The number of hydrogen-bond donors (Lipinski definition) is 0. The van der Waals surface area contributed by atoms with E-state index >= 15 is 0 Å². The molecule has 0 saturated carbocycles. The van der Waals surface area contributed by atoms with E-state index in [4.69, 9.17) is 11.6 Å². The second kappa shape index (κ2) is 5.30. The maximum atomic E-state index is 10.7. The van der Waals surface area contributed by atoms with E-state index in [-0.39, 0.29) is 11.2 Å². The fourth-order valence-electron chi connectivity index (χ4n) is 1.64. The number of alkyl halides is 1. The zero-order chi connectivity index (χ0) is 12.3. The summed E-state index contributed by atoms with van der Waals surface area (Å²) in [6.07, 6.45) is 2.77. The van der Waals surface area contributed by atoms with Crippen molar-refractivity contribution in [2.45, 2.75) is 32.1 Å². The first-order chi connectivity index (χ1) is 7.41. The van der Waals surface area contributed by atoms with Crippen molar-refractivity contribution in [2.24, 2.45) is 13.0 Å². The summed E-state index contributed by atoms with van der Waals surface area (Å²) in [5.41, 5.74) is 0.589. The summed E-state index contributed by atoms with van der Waals surface area (Å²) in [4.78, 5) is 14.0. The fourth-order valence-corrected chi connectivity index (χ4v) is 2.14. The molecule has 5 nitrogen and oxygen atoms in total. The van der Waals surface area contributed by atoms with Crippen molar-refractivity contribution in [3.8, 4) is 0 Å². The van der Waals surface area contributed by atoms with Crippen LogP contribution in [0.5, 0.6) is 0 Å². The number of nitro groups is 1. The lowest BCUT2D eigenvalue weighted by atomic mass is 10.0. The Labute approximate surface area is 99.6 Å². The van der Waals surface area contributed by atoms with E-state index in [1.54, 1.807) is 11.6 Å². The van der Waals surface area contributed by atoms with Gasteiger partial charge in [-0.2, -0.15) is 0 Å². The van der Waals surface area contributed by atoms with Crippen LogP contribution in [0.2, 0.25) is 0 Å². The molecule has 0 aliphatic carbocycles. The number of hydrogen-bond acceptors (Lipinski definition) is 3. The summed E-state index contributed by atoms with van der Waals surface area (Å²) in [6.45, 7) is 4.15. The quantitative estimate of drug-likeness (QED) is 0.455. The molecule has 1 atom stereocenters. The molecule has 0 fully saturated rings. The van der Waals surface area contributed by atoms with Gasteiger partial charge in [0.25, 0.3) is 0 Å². The van der Waals surface area contributed by atoms with E-state index in [1.165, 1.54) is 6.33 Å². The van der Waals surface area contributed by atoms with E-state index in [0.29, 0.717) is 18.0 Å². The molecule has 0 N–H and O–H groups in total. The van der Waals surface area contributed by atoms with Gasteiger partial charge in [-0.3, -0.25) is 0 Å². The highest BCUT2D eigenvalue weighted by molar-refractivity contribution is 6.20. The fraction of sp³-hybridized carbons (Fsp3) is 0.700. The largest absolute Gasteiger partial charge is 0.384 e. The van der Waals surface area contributed by atoms with Crippen LogP contribution in [0.25, 0.3) is 0 Å². The number of nitrogens with zero attached hydrogens (tertiary/aromatic N) is 3. The third-order valence-corrected chi connectivity index (χ3v) is 2.68. The number of rotatable bonds is 5. The Morgan fingerprint density at radius 1 is 1.62 bits per heavy atom. The van der Waals surface area contributed by atoms with Crippen molar-refractivity contribution < 1.29 is 4.92 Å². The number of imidazole rings is 1. The van der Waals surface area contributed by atoms with Crippen LogP contribution in [0.4, 0.5) is 5.82 Å². The van der Waals surface area contributed by atoms with Crippen molar-refractivity contribution >= 4 is 17.4 Å². The lowest BCUT2D eigenvalue weighted by molar-refractivity contribution is -0.390. The molecule has 0 aliphatic rings. The van der Waals surface area contributed by atoms with Crippen LogP contribution < -0.4 is 0 Å². The van der Waals surface area contributed by atoms with Gasteiger partial charge in [0.15, 0.2) is 0 Å². The molecule has 6 heteroatoms. The lowest BCUT2D eigenvalue weighted by Gasteiger charge is -2.11. The first kappa shape index (κ1) is 13.0. The third kappa shape index (κ3) is 3.20. The van der Waals surface area contributed by atoms with Gasteiger partial charge in [-0.15, -0.1) is 11.6 Å². The van der Waals surface area contributed by atoms with Gasteiger partial charge in [0.05, 0.1) is 0 Å². The summed E-state index contributed by atoms with van der Waals surface area (Å²) in [5.74, 6) is 0.395. The average Bonchev–Trinajstić information content (AvgIpc) is 2.46. The van der Waals surface area contributed by atoms with Crippen molar-refractivity contribution in [3.05, 3.63) is 22.1 Å². The third-order valence-electron chi connectivity index (χ3n) is 2.35. The first-order valence-corrected chi connectivity index (χ1v) is 5.64. The summed E-state index contributed by atoms with van der Waals surface area (Å²) >= 11 is 6.15. The minimum Gasteiger partial charge on any atom is -0.358 e. The molecule has 1 unspecified atom stereocenters. The number of halogens is 1. The van der Waals surface area contributed by atoms with Crippen LogP contribution in [-0.4, -0.2) is 19.9 Å². The molecule has 1 heterocycles. The Kier molecular flexibility index (Phi) is 4.29. The molecule has 0 aliphatic heterocycles. The van der Waals surface area contributed by atoms with Gasteiger partial charge < -0.3 is 14.7 Å². The molecule has 0 aromatic carbocycles. The highest BCUT2D eigenvalue weighted by atomic mass is 35.5. The van der Waals surface area contributed by atoms with E-state index < -0.39 is 4.92 Å². The lowest BCUT2D eigenvalue weighted by Crippen LogP contribution is -2.11. The number of aryl methyl sites for hydroxylation is 1. The van der Waals surface area contributed by atoms with Gasteiger partial charge in [-0.1, -0.05) is 13.8 Å². The zero-order valence-electron chi connectivity index (χ0n) is 9.68. The smallest absolute Gasteiger partial charge is 0.358 e. The monoisotopic (exact) mass is 245 g/mol. The number of aromatic nitrogens is 2. The van der Waals surface area contributed by atoms with Gasteiger partial charge in [-0.05, 0) is 22.2 Å². The maximum absolute atomic E-state index is 10.7. The molecular weight excluding hydrogens is 230 g/mol. The first-order valence-electron chi connectivity index (χ1n) is 5.20. The molecule has 0 saturated heterocycles. The highest BCUT2D eigenvalue weighted by Crippen LogP contribution is 2.21. The minimum absolute atomic E-state index is 0.0862. The van der Waals surface area contributed by atoms with Crippen LogP contribution in [0.1, 0.15) is 26.0 Å². The molecule has 1 aromatic rings.